The topological polar surface area (TPSA) is 88.2 Å². The van der Waals surface area contributed by atoms with Crippen LogP contribution in [0.15, 0.2) is 24.4 Å². The largest absolute Gasteiger partial charge is 0.481 e. The number of fused-ring (bicyclic) bond motifs is 4. The van der Waals surface area contributed by atoms with Gasteiger partial charge in [0.05, 0.1) is 23.7 Å². The first-order chi connectivity index (χ1) is 15.5. The van der Waals surface area contributed by atoms with Gasteiger partial charge in [-0.1, -0.05) is 6.07 Å². The second kappa shape index (κ2) is 8.88. The number of carboxylic acids is 1. The Hall–Kier alpha value is -2.77. The first kappa shape index (κ1) is 23.4. The summed E-state index contributed by atoms with van der Waals surface area (Å²) >= 11 is 1.78. The second-order valence-corrected chi connectivity index (χ2v) is 10.8. The number of aliphatic carboxylic acids is 1. The number of thiophene rings is 1. The summed E-state index contributed by atoms with van der Waals surface area (Å²) in [7, 11) is 1.93. The summed E-state index contributed by atoms with van der Waals surface area (Å²) in [4.78, 5) is 18.9. The highest BCUT2D eigenvalue weighted by Crippen LogP contribution is 2.43. The summed E-state index contributed by atoms with van der Waals surface area (Å²) in [5.41, 5.74) is 5.70. The van der Waals surface area contributed by atoms with E-state index in [1.165, 1.54) is 28.7 Å². The lowest BCUT2D eigenvalue weighted by molar-refractivity contribution is -0.136. The molecule has 0 saturated heterocycles. The van der Waals surface area contributed by atoms with Gasteiger partial charge in [-0.05, 0) is 87.8 Å². The minimum absolute atomic E-state index is 0.0141. The van der Waals surface area contributed by atoms with Crippen molar-refractivity contribution in [2.45, 2.75) is 65.4 Å². The van der Waals surface area contributed by atoms with Crippen LogP contribution in [-0.4, -0.2) is 36.5 Å². The summed E-state index contributed by atoms with van der Waals surface area (Å²) in [5, 5.41) is 24.7. The van der Waals surface area contributed by atoms with Gasteiger partial charge in [-0.2, -0.15) is 5.10 Å². The number of hydrogen-bond acceptors (Lipinski definition) is 5. The number of aliphatic hydroxyl groups is 1. The Bertz CT molecular complexity index is 1340. The fourth-order valence-electron chi connectivity index (χ4n) is 4.44. The Balaban J connectivity index is 0.000000471. The van der Waals surface area contributed by atoms with Gasteiger partial charge in [0, 0.05) is 28.4 Å². The van der Waals surface area contributed by atoms with Crippen molar-refractivity contribution in [1.29, 1.82) is 0 Å². The molecular weight excluding hydrogens is 434 g/mol. The lowest BCUT2D eigenvalue weighted by Crippen LogP contribution is -2.10. The van der Waals surface area contributed by atoms with Crippen LogP contribution in [0.4, 0.5) is 0 Å². The molecule has 1 aromatic carbocycles. The van der Waals surface area contributed by atoms with Crippen molar-refractivity contribution < 1.29 is 15.0 Å². The molecule has 6 nitrogen and oxygen atoms in total. The molecule has 5 rings (SSSR count). The van der Waals surface area contributed by atoms with Crippen molar-refractivity contribution in [2.24, 2.45) is 7.05 Å². The van der Waals surface area contributed by atoms with Crippen LogP contribution >= 0.6 is 11.3 Å². The smallest absolute Gasteiger partial charge is 0.307 e. The highest BCUT2D eigenvalue weighted by molar-refractivity contribution is 7.19. The number of carboxylic acid groups (broad SMARTS) is 1. The molecule has 174 valence electrons. The molecule has 0 atom stereocenters. The molecule has 0 fully saturated rings. The number of aryl methyl sites for hydroxylation is 4. The van der Waals surface area contributed by atoms with Crippen LogP contribution in [0.5, 0.6) is 0 Å². The molecule has 0 radical (unpaired) electrons. The van der Waals surface area contributed by atoms with Gasteiger partial charge in [-0.15, -0.1) is 11.3 Å². The number of hydrogen-bond donors (Lipinski definition) is 2. The highest BCUT2D eigenvalue weighted by atomic mass is 32.1. The number of nitrogens with zero attached hydrogens (tertiary/aromatic N) is 3. The van der Waals surface area contributed by atoms with E-state index in [4.69, 9.17) is 10.1 Å². The number of rotatable bonds is 3. The summed E-state index contributed by atoms with van der Waals surface area (Å²) in [5.74, 6) is -0.822. The minimum atomic E-state index is -0.822. The SMILES string of the molecule is CC(C)(C)O.Cc1nc2sc3c(c2c(-c2ccc4c(cnn4C)c2)c1CC(=O)O)CCCC3. The van der Waals surface area contributed by atoms with Gasteiger partial charge in [0.2, 0.25) is 0 Å². The Labute approximate surface area is 197 Å². The predicted molar refractivity (Wildman–Crippen MR) is 134 cm³/mol. The maximum Gasteiger partial charge on any atom is 0.307 e. The third-order valence-electron chi connectivity index (χ3n) is 5.77. The Morgan fingerprint density at radius 1 is 1.21 bits per heavy atom. The van der Waals surface area contributed by atoms with Gasteiger partial charge < -0.3 is 10.2 Å². The highest BCUT2D eigenvalue weighted by Gasteiger charge is 2.24. The van der Waals surface area contributed by atoms with Crippen molar-refractivity contribution in [1.82, 2.24) is 14.8 Å². The molecule has 0 saturated carbocycles. The van der Waals surface area contributed by atoms with Gasteiger partial charge in [0.15, 0.2) is 0 Å². The van der Waals surface area contributed by atoms with Gasteiger partial charge in [-0.3, -0.25) is 9.48 Å². The van der Waals surface area contributed by atoms with Crippen LogP contribution in [0.3, 0.4) is 0 Å². The molecule has 1 aliphatic rings. The molecule has 0 spiro atoms. The minimum Gasteiger partial charge on any atom is -0.481 e. The van der Waals surface area contributed by atoms with E-state index in [2.05, 4.69) is 23.3 Å². The van der Waals surface area contributed by atoms with Crippen LogP contribution in [0, 0.1) is 6.92 Å². The lowest BCUT2D eigenvalue weighted by atomic mass is 9.88. The maximum absolute atomic E-state index is 11.6. The molecule has 0 amide bonds. The number of carbonyl (C=O) groups is 1. The van der Waals surface area contributed by atoms with Crippen LogP contribution in [0.1, 0.15) is 55.3 Å². The molecule has 0 aliphatic heterocycles. The van der Waals surface area contributed by atoms with E-state index in [1.807, 2.05) is 24.9 Å². The summed E-state index contributed by atoms with van der Waals surface area (Å²) in [6, 6.07) is 6.30. The van der Waals surface area contributed by atoms with E-state index in [1.54, 1.807) is 32.1 Å². The fourth-order valence-corrected chi connectivity index (χ4v) is 5.76. The van der Waals surface area contributed by atoms with Crippen molar-refractivity contribution in [3.8, 4) is 11.1 Å². The average Bonchev–Trinajstić information content (AvgIpc) is 3.27. The van der Waals surface area contributed by atoms with Crippen LogP contribution < -0.4 is 0 Å². The van der Waals surface area contributed by atoms with E-state index in [-0.39, 0.29) is 6.42 Å². The van der Waals surface area contributed by atoms with Crippen LogP contribution in [0.25, 0.3) is 32.2 Å². The molecule has 2 N–H and O–H groups in total. The fraction of sp³-hybridized carbons (Fsp3) is 0.423. The second-order valence-electron chi connectivity index (χ2n) is 9.72. The standard InChI is InChI=1S/C22H21N3O2S.C4H10O/c1-12-16(10-19(26)27)20(13-7-8-17-14(9-13)11-23-25(17)2)21-15-5-3-4-6-18(15)28-22(21)24-12;1-4(2,3)5/h7-9,11H,3-6,10H2,1-2H3,(H,26,27);5H,1-3H3. The molecule has 3 aromatic heterocycles. The first-order valence-corrected chi connectivity index (χ1v) is 12.1. The van der Waals surface area contributed by atoms with E-state index in [0.717, 1.165) is 51.0 Å². The zero-order valence-corrected chi connectivity index (χ0v) is 20.7. The monoisotopic (exact) mass is 465 g/mol. The van der Waals surface area contributed by atoms with Crippen LogP contribution in [0.2, 0.25) is 0 Å². The number of benzene rings is 1. The average molecular weight is 466 g/mol. The van der Waals surface area contributed by atoms with Crippen molar-refractivity contribution in [3.63, 3.8) is 0 Å². The normalized spacial score (nSPS) is 13.6. The van der Waals surface area contributed by atoms with Crippen molar-refractivity contribution in [3.05, 3.63) is 46.1 Å². The molecule has 1 aliphatic carbocycles. The molecule has 33 heavy (non-hydrogen) atoms. The summed E-state index contributed by atoms with van der Waals surface area (Å²) in [6.07, 6.45) is 6.41. The molecule has 3 heterocycles. The van der Waals surface area contributed by atoms with E-state index >= 15 is 0 Å². The Morgan fingerprint density at radius 2 is 1.91 bits per heavy atom. The third-order valence-corrected chi connectivity index (χ3v) is 6.96. The molecular formula is C26H31N3O3S. The van der Waals surface area contributed by atoms with E-state index < -0.39 is 11.6 Å². The molecule has 7 heteroatoms. The Kier molecular flexibility index (Phi) is 6.29. The summed E-state index contributed by atoms with van der Waals surface area (Å²) < 4.78 is 1.86. The van der Waals surface area contributed by atoms with E-state index in [9.17, 15) is 9.90 Å². The molecule has 4 aromatic rings. The van der Waals surface area contributed by atoms with Gasteiger partial charge in [-0.25, -0.2) is 4.98 Å². The third kappa shape index (κ3) is 4.94. The van der Waals surface area contributed by atoms with Gasteiger partial charge in [0.1, 0.15) is 4.83 Å². The van der Waals surface area contributed by atoms with Crippen LogP contribution in [-0.2, 0) is 31.1 Å². The maximum atomic E-state index is 11.6. The first-order valence-electron chi connectivity index (χ1n) is 11.3. The molecule has 0 bridgehead atoms. The zero-order chi connectivity index (χ0) is 23.9. The lowest BCUT2D eigenvalue weighted by Gasteiger charge is -2.16. The van der Waals surface area contributed by atoms with E-state index in [0.29, 0.717) is 0 Å². The van der Waals surface area contributed by atoms with Crippen molar-refractivity contribution in [2.75, 3.05) is 0 Å². The van der Waals surface area contributed by atoms with Gasteiger partial charge >= 0.3 is 5.97 Å². The summed E-state index contributed by atoms with van der Waals surface area (Å²) in [6.45, 7) is 7.16. The van der Waals surface area contributed by atoms with Crippen molar-refractivity contribution >= 4 is 38.4 Å². The van der Waals surface area contributed by atoms with Gasteiger partial charge in [0.25, 0.3) is 0 Å². The number of aromatic nitrogens is 3. The number of pyridine rings is 1. The quantitative estimate of drug-likeness (QED) is 0.420. The molecule has 0 unspecified atom stereocenters. The predicted octanol–water partition coefficient (Wildman–Crippen LogP) is 5.44. The zero-order valence-electron chi connectivity index (χ0n) is 19.9. The Morgan fingerprint density at radius 3 is 2.61 bits per heavy atom.